The Kier molecular flexibility index (Phi) is 10.2. The number of amides is 2. The molecular weight excluding hydrogens is 420 g/mol. The summed E-state index contributed by atoms with van der Waals surface area (Å²) >= 11 is 6.03. The summed E-state index contributed by atoms with van der Waals surface area (Å²) in [7, 11) is 0. The molecule has 0 aliphatic heterocycles. The van der Waals surface area contributed by atoms with Crippen molar-refractivity contribution in [1.29, 1.82) is 0 Å². The van der Waals surface area contributed by atoms with Gasteiger partial charge in [-0.3, -0.25) is 9.59 Å². The molecule has 0 bridgehead atoms. The summed E-state index contributed by atoms with van der Waals surface area (Å²) in [5, 5.41) is 3.70. The van der Waals surface area contributed by atoms with Crippen molar-refractivity contribution in [2.75, 3.05) is 0 Å². The number of rotatable bonds is 11. The van der Waals surface area contributed by atoms with Crippen LogP contribution in [0.1, 0.15) is 76.5 Å². The highest BCUT2D eigenvalue weighted by Crippen LogP contribution is 2.19. The Labute approximate surface area is 198 Å². The van der Waals surface area contributed by atoms with Crippen LogP contribution in [0.3, 0.4) is 0 Å². The van der Waals surface area contributed by atoms with E-state index in [9.17, 15) is 9.59 Å². The lowest BCUT2D eigenvalue weighted by atomic mass is 10.00. The van der Waals surface area contributed by atoms with Gasteiger partial charge in [0.15, 0.2) is 0 Å². The van der Waals surface area contributed by atoms with Crippen LogP contribution in [0.25, 0.3) is 0 Å². The minimum atomic E-state index is -0.504. The van der Waals surface area contributed by atoms with Gasteiger partial charge < -0.3 is 10.2 Å². The summed E-state index contributed by atoms with van der Waals surface area (Å²) in [6.45, 7) is 10.7. The molecule has 2 atom stereocenters. The molecule has 174 valence electrons. The van der Waals surface area contributed by atoms with Gasteiger partial charge in [-0.1, -0.05) is 75.7 Å². The average molecular weight is 457 g/mol. The summed E-state index contributed by atoms with van der Waals surface area (Å²) in [5.74, 6) is 0.374. The molecule has 0 aliphatic carbocycles. The van der Waals surface area contributed by atoms with Crippen LogP contribution in [0.5, 0.6) is 0 Å². The normalized spacial score (nSPS) is 13.0. The third-order valence-corrected chi connectivity index (χ3v) is 6.18. The maximum Gasteiger partial charge on any atom is 0.243 e. The van der Waals surface area contributed by atoms with E-state index in [4.69, 9.17) is 11.6 Å². The molecule has 1 N–H and O–H groups in total. The molecule has 2 amide bonds. The Morgan fingerprint density at radius 2 is 1.50 bits per heavy atom. The van der Waals surface area contributed by atoms with Crippen LogP contribution in [-0.4, -0.2) is 28.8 Å². The van der Waals surface area contributed by atoms with Crippen LogP contribution >= 0.6 is 11.6 Å². The van der Waals surface area contributed by atoms with Gasteiger partial charge in [0, 0.05) is 24.0 Å². The van der Waals surface area contributed by atoms with Crippen molar-refractivity contribution in [3.63, 3.8) is 0 Å². The first-order valence-electron chi connectivity index (χ1n) is 11.7. The largest absolute Gasteiger partial charge is 0.352 e. The predicted molar refractivity (Wildman–Crippen MR) is 133 cm³/mol. The van der Waals surface area contributed by atoms with Crippen molar-refractivity contribution in [3.05, 3.63) is 70.2 Å². The number of carbonyl (C=O) groups is 2. The summed E-state index contributed by atoms with van der Waals surface area (Å²) in [6, 6.07) is 15.5. The molecule has 2 rings (SSSR count). The van der Waals surface area contributed by atoms with Crippen LogP contribution in [0.2, 0.25) is 5.02 Å². The SMILES string of the molecule is CC[C@@H](C)NC(=O)[C@H](CC)N(Cc1ccc(Cl)cc1)C(=O)CCc1ccc(C(C)C)cc1. The molecule has 0 heterocycles. The number of nitrogens with zero attached hydrogens (tertiary/aromatic N) is 1. The summed E-state index contributed by atoms with van der Waals surface area (Å²) in [6.07, 6.45) is 2.42. The zero-order valence-electron chi connectivity index (χ0n) is 20.0. The number of benzene rings is 2. The second-order valence-electron chi connectivity index (χ2n) is 8.79. The van der Waals surface area contributed by atoms with Gasteiger partial charge >= 0.3 is 0 Å². The van der Waals surface area contributed by atoms with Gasteiger partial charge in [-0.25, -0.2) is 0 Å². The molecule has 2 aromatic carbocycles. The first-order valence-corrected chi connectivity index (χ1v) is 12.1. The van der Waals surface area contributed by atoms with E-state index in [1.165, 1.54) is 5.56 Å². The fourth-order valence-electron chi connectivity index (χ4n) is 3.61. The minimum absolute atomic E-state index is 0.0148. The Bertz CT molecular complexity index is 862. The van der Waals surface area contributed by atoms with E-state index in [1.54, 1.807) is 4.90 Å². The van der Waals surface area contributed by atoms with E-state index in [2.05, 4.69) is 43.4 Å². The minimum Gasteiger partial charge on any atom is -0.352 e. The molecule has 0 radical (unpaired) electrons. The zero-order valence-corrected chi connectivity index (χ0v) is 20.8. The Morgan fingerprint density at radius 3 is 2.03 bits per heavy atom. The highest BCUT2D eigenvalue weighted by atomic mass is 35.5. The number of hydrogen-bond donors (Lipinski definition) is 1. The number of aryl methyl sites for hydroxylation is 1. The van der Waals surface area contributed by atoms with Crippen LogP contribution in [0.4, 0.5) is 0 Å². The average Bonchev–Trinajstić information content (AvgIpc) is 2.78. The Balaban J connectivity index is 2.18. The maximum absolute atomic E-state index is 13.3. The van der Waals surface area contributed by atoms with E-state index < -0.39 is 6.04 Å². The van der Waals surface area contributed by atoms with Crippen molar-refractivity contribution in [2.24, 2.45) is 0 Å². The molecule has 0 spiro atoms. The van der Waals surface area contributed by atoms with E-state index >= 15 is 0 Å². The third-order valence-electron chi connectivity index (χ3n) is 5.93. The third kappa shape index (κ3) is 7.67. The van der Waals surface area contributed by atoms with Gasteiger partial charge in [0.2, 0.25) is 11.8 Å². The molecule has 0 saturated carbocycles. The van der Waals surface area contributed by atoms with Crippen LogP contribution in [-0.2, 0) is 22.6 Å². The fraction of sp³-hybridized carbons (Fsp3) is 0.481. The second-order valence-corrected chi connectivity index (χ2v) is 9.22. The molecule has 0 aromatic heterocycles. The van der Waals surface area contributed by atoms with Crippen molar-refractivity contribution < 1.29 is 9.59 Å². The van der Waals surface area contributed by atoms with E-state index in [-0.39, 0.29) is 17.9 Å². The van der Waals surface area contributed by atoms with Crippen molar-refractivity contribution in [1.82, 2.24) is 10.2 Å². The lowest BCUT2D eigenvalue weighted by Crippen LogP contribution is -2.50. The van der Waals surface area contributed by atoms with Gasteiger partial charge in [0.25, 0.3) is 0 Å². The first-order chi connectivity index (χ1) is 15.2. The standard InChI is InChI=1S/C27H37ClN2O2/c1-6-20(5)29-27(32)25(7-2)30(18-22-10-15-24(28)16-11-22)26(31)17-12-21-8-13-23(14-9-21)19(3)4/h8-11,13-16,19-20,25H,6-7,12,17-18H2,1-5H3,(H,29,32)/t20-,25+/m1/s1. The molecule has 32 heavy (non-hydrogen) atoms. The van der Waals surface area contributed by atoms with Crippen molar-refractivity contribution in [2.45, 2.75) is 84.8 Å². The summed E-state index contributed by atoms with van der Waals surface area (Å²) in [5.41, 5.74) is 3.38. The summed E-state index contributed by atoms with van der Waals surface area (Å²) in [4.78, 5) is 28.1. The van der Waals surface area contributed by atoms with E-state index in [1.807, 2.05) is 45.0 Å². The molecule has 0 unspecified atom stereocenters. The highest BCUT2D eigenvalue weighted by molar-refractivity contribution is 6.30. The van der Waals surface area contributed by atoms with Crippen LogP contribution in [0, 0.1) is 0 Å². The number of nitrogens with one attached hydrogen (secondary N) is 1. The number of carbonyl (C=O) groups excluding carboxylic acids is 2. The number of hydrogen-bond acceptors (Lipinski definition) is 2. The number of halogens is 1. The fourth-order valence-corrected chi connectivity index (χ4v) is 3.74. The van der Waals surface area contributed by atoms with Crippen molar-refractivity contribution >= 4 is 23.4 Å². The van der Waals surface area contributed by atoms with E-state index in [0.29, 0.717) is 36.7 Å². The first kappa shape index (κ1) is 25.9. The van der Waals surface area contributed by atoms with Gasteiger partial charge in [-0.2, -0.15) is 0 Å². The molecule has 4 nitrogen and oxygen atoms in total. The van der Waals surface area contributed by atoms with Crippen molar-refractivity contribution in [3.8, 4) is 0 Å². The van der Waals surface area contributed by atoms with Crippen LogP contribution in [0.15, 0.2) is 48.5 Å². The Morgan fingerprint density at radius 1 is 0.906 bits per heavy atom. The molecule has 0 fully saturated rings. The second kappa shape index (κ2) is 12.6. The predicted octanol–water partition coefficient (Wildman–Crippen LogP) is 6.12. The molecule has 2 aromatic rings. The molecular formula is C27H37ClN2O2. The van der Waals surface area contributed by atoms with E-state index in [0.717, 1.165) is 17.5 Å². The summed E-state index contributed by atoms with van der Waals surface area (Å²) < 4.78 is 0. The maximum atomic E-state index is 13.3. The lowest BCUT2D eigenvalue weighted by Gasteiger charge is -2.31. The quantitative estimate of drug-likeness (QED) is 0.443. The molecule has 0 aliphatic rings. The van der Waals surface area contributed by atoms with Gasteiger partial charge in [-0.05, 0) is 60.9 Å². The molecule has 0 saturated heterocycles. The van der Waals surface area contributed by atoms with Gasteiger partial charge in [0.1, 0.15) is 6.04 Å². The van der Waals surface area contributed by atoms with Gasteiger partial charge in [0.05, 0.1) is 0 Å². The van der Waals surface area contributed by atoms with Crippen LogP contribution < -0.4 is 5.32 Å². The lowest BCUT2D eigenvalue weighted by molar-refractivity contribution is -0.141. The highest BCUT2D eigenvalue weighted by Gasteiger charge is 2.29. The zero-order chi connectivity index (χ0) is 23.7. The smallest absolute Gasteiger partial charge is 0.243 e. The van der Waals surface area contributed by atoms with Gasteiger partial charge in [-0.15, -0.1) is 0 Å². The molecule has 5 heteroatoms. The topological polar surface area (TPSA) is 49.4 Å². The Hall–Kier alpha value is -2.33. The monoisotopic (exact) mass is 456 g/mol.